The van der Waals surface area contributed by atoms with Crippen molar-refractivity contribution in [1.82, 2.24) is 38.8 Å². The summed E-state index contributed by atoms with van der Waals surface area (Å²) in [6.45, 7) is -2.30. The van der Waals surface area contributed by atoms with Crippen molar-refractivity contribution in [3.63, 3.8) is 0 Å². The van der Waals surface area contributed by atoms with Crippen LogP contribution in [0.25, 0.3) is 22.6 Å². The Morgan fingerprint density at radius 2 is 1.93 bits per heavy atom. The minimum Gasteiger partial charge on any atom is -0.380 e. The number of aromatic nitrogens is 7. The van der Waals surface area contributed by atoms with Crippen LogP contribution in [0.5, 0.6) is 0 Å². The topological polar surface area (TPSA) is 153 Å². The van der Waals surface area contributed by atoms with Crippen LogP contribution in [0.2, 0.25) is 0 Å². The molecule has 1 saturated heterocycles. The van der Waals surface area contributed by atoms with Crippen LogP contribution in [-0.4, -0.2) is 78.0 Å². The Bertz CT molecular complexity index is 1700. The quantitative estimate of drug-likeness (QED) is 0.300. The highest BCUT2D eigenvalue weighted by Crippen LogP contribution is 2.32. The molecule has 214 valence electrons. The zero-order valence-corrected chi connectivity index (χ0v) is 22.7. The number of alkyl halides is 2. The minimum absolute atomic E-state index is 0.0614. The Morgan fingerprint density at radius 3 is 2.66 bits per heavy atom. The Kier molecular flexibility index (Phi) is 6.84. The number of rotatable bonds is 9. The molecule has 41 heavy (non-hydrogen) atoms. The molecular formula is C25H26F2N10O3S. The van der Waals surface area contributed by atoms with E-state index < -0.39 is 21.8 Å². The van der Waals surface area contributed by atoms with Gasteiger partial charge >= 0.3 is 6.55 Å². The highest BCUT2D eigenvalue weighted by Gasteiger charge is 2.37. The molecule has 5 heterocycles. The Morgan fingerprint density at radius 1 is 1.10 bits per heavy atom. The molecule has 1 unspecified atom stereocenters. The Hall–Kier alpha value is -4.47. The van der Waals surface area contributed by atoms with Crippen LogP contribution in [0.4, 0.5) is 26.1 Å². The van der Waals surface area contributed by atoms with E-state index in [0.717, 1.165) is 4.09 Å². The van der Waals surface area contributed by atoms with Crippen LogP contribution in [-0.2, 0) is 14.8 Å². The molecule has 1 aliphatic heterocycles. The fraction of sp³-hybridized carbons (Fsp3) is 0.360. The van der Waals surface area contributed by atoms with Crippen molar-refractivity contribution in [3.05, 3.63) is 49.2 Å². The van der Waals surface area contributed by atoms with Crippen molar-refractivity contribution >= 4 is 33.3 Å². The first-order valence-corrected chi connectivity index (χ1v) is 14.4. The van der Waals surface area contributed by atoms with Gasteiger partial charge in [-0.3, -0.25) is 4.79 Å². The van der Waals surface area contributed by atoms with Crippen molar-refractivity contribution in [2.45, 2.75) is 43.5 Å². The summed E-state index contributed by atoms with van der Waals surface area (Å²) in [5.41, 5.74) is 1.86. The summed E-state index contributed by atoms with van der Waals surface area (Å²) in [5.74, 6) is 1.13. The third kappa shape index (κ3) is 5.59. The molecule has 1 amide bonds. The molecule has 0 aromatic carbocycles. The van der Waals surface area contributed by atoms with E-state index in [1.54, 1.807) is 24.1 Å². The van der Waals surface area contributed by atoms with Crippen molar-refractivity contribution in [2.75, 3.05) is 24.2 Å². The molecule has 2 N–H and O–H groups in total. The van der Waals surface area contributed by atoms with Crippen LogP contribution >= 0.6 is 0 Å². The fourth-order valence-corrected chi connectivity index (χ4v) is 6.04. The predicted octanol–water partition coefficient (Wildman–Crippen LogP) is 3.11. The molecule has 16 heteroatoms. The molecule has 2 aliphatic rings. The lowest BCUT2D eigenvalue weighted by atomic mass is 10.0. The highest BCUT2D eigenvalue weighted by atomic mass is 32.2. The SMILES string of the molecule is CN1CC(Nc2cc(Nc3ccnc(-c4cnn(S(=O)(=O)C5CC5)c4)n3)ncc2-c2ccn(C(F)F)n2)CCC1=O. The molecule has 6 rings (SSSR count). The van der Waals surface area contributed by atoms with Gasteiger partial charge in [0.25, 0.3) is 10.0 Å². The molecule has 0 radical (unpaired) electrons. The van der Waals surface area contributed by atoms with Gasteiger partial charge in [0.05, 0.1) is 28.9 Å². The Labute approximate surface area is 233 Å². The summed E-state index contributed by atoms with van der Waals surface area (Å²) >= 11 is 0. The van der Waals surface area contributed by atoms with Gasteiger partial charge in [0, 0.05) is 62.0 Å². The molecule has 1 atom stereocenters. The molecule has 4 aromatic rings. The van der Waals surface area contributed by atoms with Crippen molar-refractivity contribution < 1.29 is 22.0 Å². The van der Waals surface area contributed by atoms with Crippen LogP contribution in [0.1, 0.15) is 32.2 Å². The smallest absolute Gasteiger partial charge is 0.333 e. The second-order valence-corrected chi connectivity index (χ2v) is 12.0. The van der Waals surface area contributed by atoms with Gasteiger partial charge < -0.3 is 15.5 Å². The number of halogens is 2. The summed E-state index contributed by atoms with van der Waals surface area (Å²) in [7, 11) is -1.78. The average molecular weight is 585 g/mol. The summed E-state index contributed by atoms with van der Waals surface area (Å²) < 4.78 is 52.9. The standard InChI is InChI=1S/C25H26F2N10O3S/c1-35-14-16(2-5-23(35)38)31-20-10-22(29-12-18(20)19-7-9-36(34-19)25(26)27)32-21-6-8-28-24(33-21)15-11-30-37(13-15)41(39,40)17-3-4-17/h6-13,16-17,25H,2-5,14H2,1H3,(H2,28,29,31,32,33). The van der Waals surface area contributed by atoms with E-state index in [4.69, 9.17) is 0 Å². The molecule has 2 fully saturated rings. The minimum atomic E-state index is -3.52. The number of nitrogens with zero attached hydrogens (tertiary/aromatic N) is 8. The first kappa shape index (κ1) is 26.7. The van der Waals surface area contributed by atoms with E-state index in [0.29, 0.717) is 71.1 Å². The normalized spacial score (nSPS) is 17.7. The predicted molar refractivity (Wildman–Crippen MR) is 145 cm³/mol. The van der Waals surface area contributed by atoms with Gasteiger partial charge in [-0.2, -0.15) is 23.1 Å². The van der Waals surface area contributed by atoms with Gasteiger partial charge in [-0.25, -0.2) is 28.1 Å². The number of carbonyl (C=O) groups excluding carboxylic acids is 1. The molecule has 1 saturated carbocycles. The number of carbonyl (C=O) groups is 1. The maximum absolute atomic E-state index is 13.2. The van der Waals surface area contributed by atoms with Gasteiger partial charge in [-0.05, 0) is 31.4 Å². The van der Waals surface area contributed by atoms with Crippen LogP contribution < -0.4 is 10.6 Å². The lowest BCUT2D eigenvalue weighted by molar-refractivity contribution is -0.132. The van der Waals surface area contributed by atoms with E-state index >= 15 is 0 Å². The summed E-state index contributed by atoms with van der Waals surface area (Å²) in [6.07, 6.45) is 9.29. The molecular weight excluding hydrogens is 558 g/mol. The largest absolute Gasteiger partial charge is 0.380 e. The number of hydrogen-bond donors (Lipinski definition) is 2. The zero-order valence-electron chi connectivity index (χ0n) is 21.9. The number of nitrogens with one attached hydrogen (secondary N) is 2. The average Bonchev–Trinajstić information content (AvgIpc) is 3.48. The van der Waals surface area contributed by atoms with Crippen LogP contribution in [0.15, 0.2) is 49.2 Å². The van der Waals surface area contributed by atoms with Gasteiger partial charge in [0.2, 0.25) is 5.91 Å². The van der Waals surface area contributed by atoms with Crippen LogP contribution in [0, 0.1) is 0 Å². The maximum Gasteiger partial charge on any atom is 0.333 e. The summed E-state index contributed by atoms with van der Waals surface area (Å²) in [4.78, 5) is 26.8. The van der Waals surface area contributed by atoms with Gasteiger partial charge in [0.15, 0.2) is 5.82 Å². The summed E-state index contributed by atoms with van der Waals surface area (Å²) in [5, 5.41) is 14.1. The highest BCUT2D eigenvalue weighted by molar-refractivity contribution is 7.90. The van der Waals surface area contributed by atoms with Gasteiger partial charge in [0.1, 0.15) is 11.6 Å². The summed E-state index contributed by atoms with van der Waals surface area (Å²) in [6, 6.07) is 4.76. The number of hydrogen-bond acceptors (Lipinski definition) is 10. The van der Waals surface area contributed by atoms with Crippen molar-refractivity contribution in [3.8, 4) is 22.6 Å². The molecule has 4 aromatic heterocycles. The zero-order chi connectivity index (χ0) is 28.7. The van der Waals surface area contributed by atoms with E-state index in [2.05, 4.69) is 35.8 Å². The van der Waals surface area contributed by atoms with E-state index in [9.17, 15) is 22.0 Å². The number of pyridine rings is 1. The lowest BCUT2D eigenvalue weighted by Gasteiger charge is -2.31. The van der Waals surface area contributed by atoms with E-state index in [1.807, 2.05) is 0 Å². The van der Waals surface area contributed by atoms with Crippen LogP contribution in [0.3, 0.4) is 0 Å². The number of likely N-dealkylation sites (N-methyl/N-ethyl adjacent to an activating group) is 1. The third-order valence-electron chi connectivity index (χ3n) is 6.91. The maximum atomic E-state index is 13.2. The number of amides is 1. The van der Waals surface area contributed by atoms with E-state index in [1.165, 1.54) is 37.1 Å². The second-order valence-electron chi connectivity index (χ2n) is 9.96. The second kappa shape index (κ2) is 10.5. The number of piperidine rings is 1. The number of likely N-dealkylation sites (tertiary alicyclic amines) is 1. The van der Waals surface area contributed by atoms with Crippen molar-refractivity contribution in [2.24, 2.45) is 0 Å². The van der Waals surface area contributed by atoms with E-state index in [-0.39, 0.29) is 17.8 Å². The fourth-order valence-electron chi connectivity index (χ4n) is 4.56. The van der Waals surface area contributed by atoms with Gasteiger partial charge in [-0.1, -0.05) is 0 Å². The van der Waals surface area contributed by atoms with Crippen molar-refractivity contribution in [1.29, 1.82) is 0 Å². The first-order valence-electron chi connectivity index (χ1n) is 12.9. The first-order chi connectivity index (χ1) is 19.7. The number of anilines is 3. The van der Waals surface area contributed by atoms with Gasteiger partial charge in [-0.15, -0.1) is 0 Å². The monoisotopic (exact) mass is 584 g/mol. The molecule has 13 nitrogen and oxygen atoms in total. The third-order valence-corrected chi connectivity index (χ3v) is 8.95. The Balaban J connectivity index is 1.27. The molecule has 0 spiro atoms. The molecule has 1 aliphatic carbocycles. The molecule has 0 bridgehead atoms. The lowest BCUT2D eigenvalue weighted by Crippen LogP contribution is -2.43.